The van der Waals surface area contributed by atoms with Crippen molar-refractivity contribution in [3.8, 4) is 5.75 Å². The number of hydrogen-bond acceptors (Lipinski definition) is 5. The second-order valence-corrected chi connectivity index (χ2v) is 9.93. The average molecular weight is 488 g/mol. The summed E-state index contributed by atoms with van der Waals surface area (Å²) in [5.74, 6) is -0.926. The van der Waals surface area contributed by atoms with Gasteiger partial charge in [0.25, 0.3) is 5.91 Å². The molecule has 1 aliphatic rings. The molecule has 1 fully saturated rings. The summed E-state index contributed by atoms with van der Waals surface area (Å²) in [6.07, 6.45) is 0. The molecule has 4 rings (SSSR count). The van der Waals surface area contributed by atoms with E-state index < -0.39 is 17.0 Å². The van der Waals surface area contributed by atoms with Crippen molar-refractivity contribution in [2.45, 2.75) is 38.4 Å². The first-order valence-electron chi connectivity index (χ1n) is 11.7. The molecule has 36 heavy (non-hydrogen) atoms. The van der Waals surface area contributed by atoms with Crippen LogP contribution in [0.2, 0.25) is 0 Å². The number of carboxylic acids is 1. The van der Waals surface area contributed by atoms with Gasteiger partial charge in [0.2, 0.25) is 0 Å². The van der Waals surface area contributed by atoms with Gasteiger partial charge in [0.15, 0.2) is 0 Å². The maximum absolute atomic E-state index is 12.9. The molecular weight excluding hydrogens is 458 g/mol. The quantitative estimate of drug-likeness (QED) is 0.486. The number of carboxylic acid groups (broad SMARTS) is 1. The second-order valence-electron chi connectivity index (χ2n) is 9.93. The molecule has 1 aliphatic heterocycles. The van der Waals surface area contributed by atoms with E-state index in [0.717, 1.165) is 5.56 Å². The van der Waals surface area contributed by atoms with Crippen molar-refractivity contribution >= 4 is 17.8 Å². The highest BCUT2D eigenvalue weighted by Gasteiger charge is 2.52. The summed E-state index contributed by atoms with van der Waals surface area (Å²) in [7, 11) is 0. The molecule has 1 amide bonds. The first-order chi connectivity index (χ1) is 17.1. The van der Waals surface area contributed by atoms with E-state index in [1.165, 1.54) is 0 Å². The Balaban J connectivity index is 1.32. The van der Waals surface area contributed by atoms with Gasteiger partial charge >= 0.3 is 11.9 Å². The van der Waals surface area contributed by atoms with Gasteiger partial charge < -0.3 is 19.5 Å². The van der Waals surface area contributed by atoms with Crippen molar-refractivity contribution in [3.05, 3.63) is 101 Å². The number of esters is 1. The van der Waals surface area contributed by atoms with Gasteiger partial charge in [-0.3, -0.25) is 9.59 Å². The number of nitrogens with zero attached hydrogens (tertiary/aromatic N) is 1. The lowest BCUT2D eigenvalue weighted by molar-refractivity contribution is -0.149. The molecule has 1 N–H and O–H groups in total. The highest BCUT2D eigenvalue weighted by Crippen LogP contribution is 2.36. The normalized spacial score (nSPS) is 14.5. The monoisotopic (exact) mass is 487 g/mol. The number of amides is 1. The molecule has 0 radical (unpaired) electrons. The number of carbonyl (C=O) groups is 3. The van der Waals surface area contributed by atoms with Crippen LogP contribution in [0.3, 0.4) is 0 Å². The zero-order chi connectivity index (χ0) is 25.9. The number of aliphatic carboxylic acids is 1. The van der Waals surface area contributed by atoms with Gasteiger partial charge in [-0.05, 0) is 68.3 Å². The number of ether oxygens (including phenoxy) is 2. The Kier molecular flexibility index (Phi) is 6.84. The number of rotatable bonds is 7. The van der Waals surface area contributed by atoms with Crippen molar-refractivity contribution < 1.29 is 29.0 Å². The minimum absolute atomic E-state index is 0.128. The van der Waals surface area contributed by atoms with Crippen LogP contribution in [0, 0.1) is 0 Å². The van der Waals surface area contributed by atoms with Crippen LogP contribution >= 0.6 is 0 Å². The molecule has 7 nitrogen and oxygen atoms in total. The molecule has 0 aliphatic carbocycles. The van der Waals surface area contributed by atoms with Crippen molar-refractivity contribution in [1.82, 2.24) is 4.90 Å². The molecule has 0 aromatic heterocycles. The number of likely N-dealkylation sites (tertiary alicyclic amines) is 1. The summed E-state index contributed by atoms with van der Waals surface area (Å²) in [6, 6.07) is 22.8. The number of carbonyl (C=O) groups excluding carboxylic acids is 2. The van der Waals surface area contributed by atoms with Crippen LogP contribution in [0.5, 0.6) is 5.75 Å². The average Bonchev–Trinajstić information content (AvgIpc) is 2.82. The van der Waals surface area contributed by atoms with Crippen molar-refractivity contribution in [2.75, 3.05) is 13.1 Å². The second kappa shape index (κ2) is 9.85. The molecule has 0 spiro atoms. The lowest BCUT2D eigenvalue weighted by Crippen LogP contribution is -2.65. The summed E-state index contributed by atoms with van der Waals surface area (Å²) < 4.78 is 11.2. The molecule has 1 saturated heterocycles. The Morgan fingerprint density at radius 3 is 2.00 bits per heavy atom. The summed E-state index contributed by atoms with van der Waals surface area (Å²) >= 11 is 0. The molecule has 3 aromatic carbocycles. The van der Waals surface area contributed by atoms with Crippen molar-refractivity contribution in [3.63, 3.8) is 0 Å². The Bertz CT molecular complexity index is 1240. The molecule has 0 unspecified atom stereocenters. The van der Waals surface area contributed by atoms with Crippen LogP contribution in [0.4, 0.5) is 0 Å². The summed E-state index contributed by atoms with van der Waals surface area (Å²) in [6.45, 7) is 6.02. The Morgan fingerprint density at radius 1 is 0.861 bits per heavy atom. The highest BCUT2D eigenvalue weighted by molar-refractivity contribution is 5.97. The summed E-state index contributed by atoms with van der Waals surface area (Å²) in [5, 5.41) is 9.81. The standard InChI is InChI=1S/C29H29NO6/c1-28(2,3)36-26(32)22-11-9-20(10-12-22)17-35-24-15-13-21(14-16-24)25(31)30-18-29(19-30,27(33)34)23-7-5-4-6-8-23/h4-16H,17-19H2,1-3H3,(H,33,34). The number of hydrogen-bond donors (Lipinski definition) is 1. The third-order valence-corrected chi connectivity index (χ3v) is 6.04. The molecule has 3 aromatic rings. The molecule has 0 atom stereocenters. The fraction of sp³-hybridized carbons (Fsp3) is 0.276. The molecule has 1 heterocycles. The van der Waals surface area contributed by atoms with Gasteiger partial charge in [0.1, 0.15) is 23.4 Å². The van der Waals surface area contributed by atoms with E-state index >= 15 is 0 Å². The lowest BCUT2D eigenvalue weighted by atomic mass is 9.73. The molecule has 0 saturated carbocycles. The van der Waals surface area contributed by atoms with E-state index in [1.54, 1.807) is 65.6 Å². The number of benzene rings is 3. The summed E-state index contributed by atoms with van der Waals surface area (Å²) in [4.78, 5) is 38.5. The van der Waals surface area contributed by atoms with E-state index in [-0.39, 0.29) is 25.0 Å². The smallest absolute Gasteiger partial charge is 0.338 e. The van der Waals surface area contributed by atoms with Gasteiger partial charge in [0, 0.05) is 18.7 Å². The van der Waals surface area contributed by atoms with E-state index in [1.807, 2.05) is 39.0 Å². The Hall–Kier alpha value is -4.13. The predicted molar refractivity (Wildman–Crippen MR) is 134 cm³/mol. The van der Waals surface area contributed by atoms with Crippen LogP contribution in [-0.2, 0) is 21.6 Å². The fourth-order valence-electron chi connectivity index (χ4n) is 4.06. The van der Waals surface area contributed by atoms with Crippen LogP contribution in [0.1, 0.15) is 52.6 Å². The highest BCUT2D eigenvalue weighted by atomic mass is 16.6. The lowest BCUT2D eigenvalue weighted by Gasteiger charge is -2.47. The minimum Gasteiger partial charge on any atom is -0.489 e. The minimum atomic E-state index is -1.07. The van der Waals surface area contributed by atoms with Crippen LogP contribution in [0.15, 0.2) is 78.9 Å². The van der Waals surface area contributed by atoms with E-state index in [4.69, 9.17) is 9.47 Å². The van der Waals surface area contributed by atoms with Crippen LogP contribution in [-0.4, -0.2) is 46.5 Å². The zero-order valence-electron chi connectivity index (χ0n) is 20.6. The van der Waals surface area contributed by atoms with E-state index in [2.05, 4.69) is 0 Å². The predicted octanol–water partition coefficient (Wildman–Crippen LogP) is 4.70. The third kappa shape index (κ3) is 5.40. The maximum Gasteiger partial charge on any atom is 0.338 e. The Morgan fingerprint density at radius 2 is 1.44 bits per heavy atom. The third-order valence-electron chi connectivity index (χ3n) is 6.04. The first kappa shape index (κ1) is 25.0. The largest absolute Gasteiger partial charge is 0.489 e. The van der Waals surface area contributed by atoms with Crippen LogP contribution < -0.4 is 4.74 Å². The van der Waals surface area contributed by atoms with Gasteiger partial charge in [-0.25, -0.2) is 4.79 Å². The van der Waals surface area contributed by atoms with Gasteiger partial charge in [-0.2, -0.15) is 0 Å². The maximum atomic E-state index is 12.9. The first-order valence-corrected chi connectivity index (χ1v) is 11.7. The van der Waals surface area contributed by atoms with Gasteiger partial charge in [-0.15, -0.1) is 0 Å². The van der Waals surface area contributed by atoms with Crippen LogP contribution in [0.25, 0.3) is 0 Å². The molecule has 186 valence electrons. The zero-order valence-corrected chi connectivity index (χ0v) is 20.6. The summed E-state index contributed by atoms with van der Waals surface area (Å²) in [5.41, 5.74) is 0.902. The van der Waals surface area contributed by atoms with E-state index in [0.29, 0.717) is 29.0 Å². The van der Waals surface area contributed by atoms with Gasteiger partial charge in [0.05, 0.1) is 5.56 Å². The molecule has 0 bridgehead atoms. The van der Waals surface area contributed by atoms with Crippen molar-refractivity contribution in [1.29, 1.82) is 0 Å². The topological polar surface area (TPSA) is 93.1 Å². The van der Waals surface area contributed by atoms with Gasteiger partial charge in [-0.1, -0.05) is 42.5 Å². The molecular formula is C29H29NO6. The fourth-order valence-corrected chi connectivity index (χ4v) is 4.06. The van der Waals surface area contributed by atoms with Crippen molar-refractivity contribution in [2.24, 2.45) is 0 Å². The molecule has 7 heteroatoms. The SMILES string of the molecule is CC(C)(C)OC(=O)c1ccc(COc2ccc(C(=O)N3CC(C(=O)O)(c4ccccc4)C3)cc2)cc1. The Labute approximate surface area is 210 Å². The van der Waals surface area contributed by atoms with E-state index in [9.17, 15) is 19.5 Å².